The summed E-state index contributed by atoms with van der Waals surface area (Å²) in [4.78, 5) is 4.78. The van der Waals surface area contributed by atoms with E-state index in [9.17, 15) is 5.11 Å². The molecule has 0 unspecified atom stereocenters. The van der Waals surface area contributed by atoms with E-state index in [1.165, 1.54) is 24.0 Å². The average Bonchev–Trinajstić information content (AvgIpc) is 2.26. The summed E-state index contributed by atoms with van der Waals surface area (Å²) in [6, 6.07) is 4.00. The second kappa shape index (κ2) is 4.64. The first-order valence-electron chi connectivity index (χ1n) is 5.40. The molecular weight excluding hydrogens is 190 g/mol. The highest BCUT2D eigenvalue weighted by atomic mass is 16.6. The predicted octanol–water partition coefficient (Wildman–Crippen LogP) is 1.92. The maximum atomic E-state index is 9.80. The van der Waals surface area contributed by atoms with Crippen molar-refractivity contribution < 1.29 is 9.94 Å². The van der Waals surface area contributed by atoms with Crippen LogP contribution in [0.3, 0.4) is 0 Å². The van der Waals surface area contributed by atoms with E-state index in [4.69, 9.17) is 4.84 Å². The lowest BCUT2D eigenvalue weighted by atomic mass is 9.90. The number of hydrogen-bond acceptors (Lipinski definition) is 3. The Bertz CT molecular complexity index is 350. The van der Waals surface area contributed by atoms with Gasteiger partial charge in [0.2, 0.25) is 0 Å². The highest BCUT2D eigenvalue weighted by Crippen LogP contribution is 2.28. The zero-order chi connectivity index (χ0) is 10.7. The molecule has 0 amide bonds. The molecule has 15 heavy (non-hydrogen) atoms. The number of phenolic OH excluding ortho intramolecular Hbond substituents is 1. The van der Waals surface area contributed by atoms with E-state index in [0.29, 0.717) is 12.3 Å². The van der Waals surface area contributed by atoms with Gasteiger partial charge in [-0.15, -0.1) is 0 Å². The molecule has 82 valence electrons. The molecular formula is C12H17NO2. The molecule has 0 saturated heterocycles. The molecule has 0 aliphatic heterocycles. The lowest BCUT2D eigenvalue weighted by Crippen LogP contribution is -2.12. The van der Waals surface area contributed by atoms with Gasteiger partial charge in [-0.05, 0) is 42.9 Å². The third-order valence-corrected chi connectivity index (χ3v) is 2.95. The number of phenols is 1. The van der Waals surface area contributed by atoms with Crippen LogP contribution in [0.5, 0.6) is 5.75 Å². The quantitative estimate of drug-likeness (QED) is 0.744. The Morgan fingerprint density at radius 3 is 2.60 bits per heavy atom. The number of aryl methyl sites for hydroxylation is 2. The van der Waals surface area contributed by atoms with E-state index >= 15 is 0 Å². The van der Waals surface area contributed by atoms with Gasteiger partial charge in [0.15, 0.2) is 0 Å². The standard InChI is InChI=1S/C12H17NO2/c1-15-13-8-11-6-9-4-2-3-5-10(9)7-12(11)14/h6-7,13-14H,2-5,8H2,1H3. The maximum Gasteiger partial charge on any atom is 0.120 e. The third-order valence-electron chi connectivity index (χ3n) is 2.95. The highest BCUT2D eigenvalue weighted by molar-refractivity contribution is 5.42. The molecule has 3 nitrogen and oxygen atoms in total. The molecule has 0 bridgehead atoms. The van der Waals surface area contributed by atoms with Gasteiger partial charge in [0.25, 0.3) is 0 Å². The van der Waals surface area contributed by atoms with Gasteiger partial charge >= 0.3 is 0 Å². The van der Waals surface area contributed by atoms with Crippen LogP contribution >= 0.6 is 0 Å². The van der Waals surface area contributed by atoms with Crippen LogP contribution in [0.1, 0.15) is 29.5 Å². The van der Waals surface area contributed by atoms with Crippen LogP contribution < -0.4 is 5.48 Å². The smallest absolute Gasteiger partial charge is 0.120 e. The largest absolute Gasteiger partial charge is 0.508 e. The third kappa shape index (κ3) is 2.30. The van der Waals surface area contributed by atoms with Crippen molar-refractivity contribution >= 4 is 0 Å². The molecule has 0 heterocycles. The molecule has 2 N–H and O–H groups in total. The number of rotatable bonds is 3. The van der Waals surface area contributed by atoms with E-state index in [1.807, 2.05) is 6.07 Å². The van der Waals surface area contributed by atoms with Gasteiger partial charge in [0.1, 0.15) is 5.75 Å². The molecule has 0 spiro atoms. The summed E-state index contributed by atoms with van der Waals surface area (Å²) in [7, 11) is 1.58. The molecule has 0 radical (unpaired) electrons. The number of hydrogen-bond donors (Lipinski definition) is 2. The second-order valence-corrected chi connectivity index (χ2v) is 3.98. The molecule has 3 heteroatoms. The van der Waals surface area contributed by atoms with Gasteiger partial charge in [-0.3, -0.25) is 0 Å². The van der Waals surface area contributed by atoms with Crippen molar-refractivity contribution in [2.75, 3.05) is 7.11 Å². The Morgan fingerprint density at radius 2 is 1.93 bits per heavy atom. The predicted molar refractivity (Wildman–Crippen MR) is 58.6 cm³/mol. The summed E-state index contributed by atoms with van der Waals surface area (Å²) in [6.45, 7) is 0.551. The van der Waals surface area contributed by atoms with Crippen molar-refractivity contribution in [3.05, 3.63) is 28.8 Å². The summed E-state index contributed by atoms with van der Waals surface area (Å²) < 4.78 is 0. The number of benzene rings is 1. The summed E-state index contributed by atoms with van der Waals surface area (Å²) >= 11 is 0. The van der Waals surface area contributed by atoms with E-state index in [2.05, 4.69) is 11.5 Å². The molecule has 0 atom stereocenters. The van der Waals surface area contributed by atoms with Crippen LogP contribution in [0, 0.1) is 0 Å². The van der Waals surface area contributed by atoms with Crippen LogP contribution in [-0.4, -0.2) is 12.2 Å². The van der Waals surface area contributed by atoms with E-state index in [-0.39, 0.29) is 0 Å². The fraction of sp³-hybridized carbons (Fsp3) is 0.500. The Labute approximate surface area is 90.0 Å². The Balaban J connectivity index is 2.24. The molecule has 1 aliphatic rings. The molecule has 0 saturated carbocycles. The number of hydroxylamine groups is 1. The zero-order valence-corrected chi connectivity index (χ0v) is 9.05. The highest BCUT2D eigenvalue weighted by Gasteiger charge is 2.12. The van der Waals surface area contributed by atoms with Gasteiger partial charge in [-0.25, -0.2) is 0 Å². The Morgan fingerprint density at radius 1 is 1.27 bits per heavy atom. The molecule has 0 fully saturated rings. The fourth-order valence-electron chi connectivity index (χ4n) is 2.12. The van der Waals surface area contributed by atoms with Crippen LogP contribution in [0.15, 0.2) is 12.1 Å². The van der Waals surface area contributed by atoms with Crippen molar-refractivity contribution in [2.45, 2.75) is 32.2 Å². The minimum Gasteiger partial charge on any atom is -0.508 e. The van der Waals surface area contributed by atoms with Crippen LogP contribution in [-0.2, 0) is 24.2 Å². The summed E-state index contributed by atoms with van der Waals surface area (Å²) in [5, 5.41) is 9.80. The van der Waals surface area contributed by atoms with E-state index in [0.717, 1.165) is 18.4 Å². The monoisotopic (exact) mass is 207 g/mol. The lowest BCUT2D eigenvalue weighted by Gasteiger charge is -2.17. The minimum absolute atomic E-state index is 0.375. The molecule has 1 aromatic carbocycles. The van der Waals surface area contributed by atoms with Crippen molar-refractivity contribution in [3.8, 4) is 5.75 Å². The SMILES string of the molecule is CONCc1cc2c(cc1O)CCCC2. The summed E-state index contributed by atoms with van der Waals surface area (Å²) in [6.07, 6.45) is 4.73. The Kier molecular flexibility index (Phi) is 3.23. The van der Waals surface area contributed by atoms with Crippen molar-refractivity contribution in [1.82, 2.24) is 5.48 Å². The minimum atomic E-state index is 0.375. The van der Waals surface area contributed by atoms with Gasteiger partial charge < -0.3 is 9.94 Å². The Hall–Kier alpha value is -1.06. The van der Waals surface area contributed by atoms with Crippen molar-refractivity contribution in [1.29, 1.82) is 0 Å². The van der Waals surface area contributed by atoms with Gasteiger partial charge in [0, 0.05) is 12.1 Å². The van der Waals surface area contributed by atoms with Gasteiger partial charge in [-0.1, -0.05) is 6.07 Å². The van der Waals surface area contributed by atoms with Crippen LogP contribution in [0.2, 0.25) is 0 Å². The number of fused-ring (bicyclic) bond motifs is 1. The van der Waals surface area contributed by atoms with E-state index in [1.54, 1.807) is 7.11 Å². The molecule has 2 rings (SSSR count). The van der Waals surface area contributed by atoms with E-state index < -0.39 is 0 Å². The van der Waals surface area contributed by atoms with Gasteiger partial charge in [-0.2, -0.15) is 5.48 Å². The van der Waals surface area contributed by atoms with Crippen molar-refractivity contribution in [3.63, 3.8) is 0 Å². The maximum absolute atomic E-state index is 9.80. The molecule has 0 aromatic heterocycles. The number of aromatic hydroxyl groups is 1. The van der Waals surface area contributed by atoms with Crippen molar-refractivity contribution in [2.24, 2.45) is 0 Å². The lowest BCUT2D eigenvalue weighted by molar-refractivity contribution is 0.0861. The summed E-state index contributed by atoms with van der Waals surface area (Å²) in [5.74, 6) is 0.375. The average molecular weight is 207 g/mol. The van der Waals surface area contributed by atoms with Crippen LogP contribution in [0.25, 0.3) is 0 Å². The normalized spacial score (nSPS) is 15.0. The topological polar surface area (TPSA) is 41.5 Å². The first-order chi connectivity index (χ1) is 7.31. The molecule has 1 aromatic rings. The van der Waals surface area contributed by atoms with Crippen LogP contribution in [0.4, 0.5) is 0 Å². The zero-order valence-electron chi connectivity index (χ0n) is 9.05. The molecule has 1 aliphatic carbocycles. The second-order valence-electron chi connectivity index (χ2n) is 3.98. The van der Waals surface area contributed by atoms with Gasteiger partial charge in [0.05, 0.1) is 7.11 Å². The first-order valence-corrected chi connectivity index (χ1v) is 5.40. The fourth-order valence-corrected chi connectivity index (χ4v) is 2.12. The summed E-state index contributed by atoms with van der Waals surface area (Å²) in [5.41, 5.74) is 6.35. The number of nitrogens with one attached hydrogen (secondary N) is 1. The first kappa shape index (κ1) is 10.5.